The first-order valence-corrected chi connectivity index (χ1v) is 6.97. The van der Waals surface area contributed by atoms with E-state index in [2.05, 4.69) is 23.3 Å². The Labute approximate surface area is 98.1 Å². The summed E-state index contributed by atoms with van der Waals surface area (Å²) in [5.41, 5.74) is 0.653. The fourth-order valence-electron chi connectivity index (χ4n) is 5.70. The van der Waals surface area contributed by atoms with E-state index in [1.807, 2.05) is 0 Å². The van der Waals surface area contributed by atoms with Crippen LogP contribution in [0.1, 0.15) is 38.5 Å². The molecule has 5 rings (SSSR count). The van der Waals surface area contributed by atoms with Gasteiger partial charge in [-0.3, -0.25) is 4.99 Å². The van der Waals surface area contributed by atoms with Crippen LogP contribution in [-0.2, 0) is 0 Å². The molecule has 0 aromatic carbocycles. The Morgan fingerprint density at radius 2 is 1.62 bits per heavy atom. The van der Waals surface area contributed by atoms with E-state index in [0.29, 0.717) is 5.41 Å². The summed E-state index contributed by atoms with van der Waals surface area (Å²) in [6, 6.07) is 0.737. The van der Waals surface area contributed by atoms with Gasteiger partial charge in [-0.05, 0) is 61.7 Å². The zero-order valence-electron chi connectivity index (χ0n) is 10.2. The molecule has 4 aliphatic carbocycles. The van der Waals surface area contributed by atoms with Crippen molar-refractivity contribution in [3.63, 3.8) is 0 Å². The van der Waals surface area contributed by atoms with Crippen molar-refractivity contribution in [3.05, 3.63) is 0 Å². The molecule has 0 saturated heterocycles. The lowest BCUT2D eigenvalue weighted by molar-refractivity contribution is -0.0817. The van der Waals surface area contributed by atoms with Crippen LogP contribution in [0.5, 0.6) is 0 Å². The van der Waals surface area contributed by atoms with Gasteiger partial charge in [0.2, 0.25) is 0 Å². The molecular formula is C14H22N2. The molecule has 1 aliphatic heterocycles. The van der Waals surface area contributed by atoms with Crippen LogP contribution in [-0.4, -0.2) is 30.9 Å². The summed E-state index contributed by atoms with van der Waals surface area (Å²) < 4.78 is 0. The molecule has 1 atom stereocenters. The SMILES string of the molecule is CN1C=NCC1C12CC3CC(CC(C3)C1)C2. The van der Waals surface area contributed by atoms with Gasteiger partial charge in [-0.15, -0.1) is 0 Å². The van der Waals surface area contributed by atoms with E-state index < -0.39 is 0 Å². The maximum atomic E-state index is 4.50. The minimum absolute atomic E-state index is 0.653. The molecule has 16 heavy (non-hydrogen) atoms. The second kappa shape index (κ2) is 3.02. The third-order valence-electron chi connectivity index (χ3n) is 5.83. The van der Waals surface area contributed by atoms with Gasteiger partial charge in [0.25, 0.3) is 0 Å². The van der Waals surface area contributed by atoms with Crippen LogP contribution in [0, 0.1) is 23.2 Å². The maximum Gasteiger partial charge on any atom is 0.0851 e. The second-order valence-corrected chi connectivity index (χ2v) is 6.94. The quantitative estimate of drug-likeness (QED) is 0.660. The fourth-order valence-corrected chi connectivity index (χ4v) is 5.70. The molecule has 2 nitrogen and oxygen atoms in total. The second-order valence-electron chi connectivity index (χ2n) is 6.94. The molecule has 0 amide bonds. The van der Waals surface area contributed by atoms with Crippen molar-refractivity contribution >= 4 is 6.34 Å². The number of nitrogens with zero attached hydrogens (tertiary/aromatic N) is 2. The van der Waals surface area contributed by atoms with Gasteiger partial charge in [0.05, 0.1) is 18.9 Å². The third kappa shape index (κ3) is 1.16. The number of likely N-dealkylation sites (N-methyl/N-ethyl adjacent to an activating group) is 1. The Morgan fingerprint density at radius 1 is 1.06 bits per heavy atom. The Bertz CT molecular complexity index is 298. The largest absolute Gasteiger partial charge is 0.361 e. The summed E-state index contributed by atoms with van der Waals surface area (Å²) in [6.07, 6.45) is 11.3. The highest BCUT2D eigenvalue weighted by molar-refractivity contribution is 5.58. The first-order chi connectivity index (χ1) is 7.75. The third-order valence-corrected chi connectivity index (χ3v) is 5.83. The van der Waals surface area contributed by atoms with E-state index in [1.54, 1.807) is 19.3 Å². The van der Waals surface area contributed by atoms with Crippen LogP contribution in [0.3, 0.4) is 0 Å². The lowest BCUT2D eigenvalue weighted by atomic mass is 9.47. The predicted molar refractivity (Wildman–Crippen MR) is 65.5 cm³/mol. The van der Waals surface area contributed by atoms with Crippen LogP contribution in [0.4, 0.5) is 0 Å². The van der Waals surface area contributed by atoms with E-state index >= 15 is 0 Å². The minimum atomic E-state index is 0.653. The predicted octanol–water partition coefficient (Wildman–Crippen LogP) is 2.55. The Morgan fingerprint density at radius 3 is 2.06 bits per heavy atom. The summed E-state index contributed by atoms with van der Waals surface area (Å²) >= 11 is 0. The molecule has 4 fully saturated rings. The Balaban J connectivity index is 1.66. The molecule has 4 saturated carbocycles. The summed E-state index contributed by atoms with van der Waals surface area (Å²) in [7, 11) is 2.24. The topological polar surface area (TPSA) is 15.6 Å². The lowest BCUT2D eigenvalue weighted by Gasteiger charge is -2.59. The van der Waals surface area contributed by atoms with E-state index in [-0.39, 0.29) is 0 Å². The van der Waals surface area contributed by atoms with E-state index in [9.17, 15) is 0 Å². The van der Waals surface area contributed by atoms with Crippen molar-refractivity contribution in [1.29, 1.82) is 0 Å². The minimum Gasteiger partial charge on any atom is -0.361 e. The van der Waals surface area contributed by atoms with Gasteiger partial charge in [0.1, 0.15) is 0 Å². The van der Waals surface area contributed by atoms with Crippen LogP contribution in [0.2, 0.25) is 0 Å². The first kappa shape index (κ1) is 9.49. The molecular weight excluding hydrogens is 196 g/mol. The Hall–Kier alpha value is -0.530. The molecule has 5 aliphatic rings. The van der Waals surface area contributed by atoms with Crippen molar-refractivity contribution in [2.24, 2.45) is 28.2 Å². The van der Waals surface area contributed by atoms with Crippen molar-refractivity contribution in [2.75, 3.05) is 13.6 Å². The number of rotatable bonds is 1. The first-order valence-electron chi connectivity index (χ1n) is 6.97. The normalized spacial score (nSPS) is 53.9. The summed E-state index contributed by atoms with van der Waals surface area (Å²) in [5, 5.41) is 0. The average molecular weight is 218 g/mol. The maximum absolute atomic E-state index is 4.50. The molecule has 2 heteroatoms. The summed E-state index contributed by atoms with van der Waals surface area (Å²) in [5.74, 6) is 3.21. The highest BCUT2D eigenvalue weighted by Crippen LogP contribution is 2.62. The molecule has 0 N–H and O–H groups in total. The van der Waals surface area contributed by atoms with Gasteiger partial charge < -0.3 is 4.90 Å². The van der Waals surface area contributed by atoms with Crippen LogP contribution >= 0.6 is 0 Å². The average Bonchev–Trinajstić information content (AvgIpc) is 2.62. The molecule has 4 bridgehead atoms. The number of hydrogen-bond acceptors (Lipinski definition) is 2. The highest BCUT2D eigenvalue weighted by Gasteiger charge is 2.55. The number of aliphatic imine (C=N–C) groups is 1. The van der Waals surface area contributed by atoms with Gasteiger partial charge in [-0.25, -0.2) is 0 Å². The zero-order valence-corrected chi connectivity index (χ0v) is 10.2. The zero-order chi connectivity index (χ0) is 10.8. The molecule has 0 radical (unpaired) electrons. The Kier molecular flexibility index (Phi) is 1.79. The van der Waals surface area contributed by atoms with Gasteiger partial charge in [-0.1, -0.05) is 0 Å². The van der Waals surface area contributed by atoms with Gasteiger partial charge in [-0.2, -0.15) is 0 Å². The highest BCUT2D eigenvalue weighted by atomic mass is 15.2. The van der Waals surface area contributed by atoms with Crippen molar-refractivity contribution in [1.82, 2.24) is 4.90 Å². The summed E-state index contributed by atoms with van der Waals surface area (Å²) in [4.78, 5) is 6.91. The fraction of sp³-hybridized carbons (Fsp3) is 0.929. The van der Waals surface area contributed by atoms with Crippen molar-refractivity contribution in [3.8, 4) is 0 Å². The monoisotopic (exact) mass is 218 g/mol. The molecule has 1 unspecified atom stereocenters. The molecule has 0 spiro atoms. The molecule has 0 aromatic heterocycles. The van der Waals surface area contributed by atoms with Crippen molar-refractivity contribution in [2.45, 2.75) is 44.6 Å². The lowest BCUT2D eigenvalue weighted by Crippen LogP contribution is -2.55. The standard InChI is InChI=1S/C14H22N2/c1-16-9-15-8-13(16)14-5-10-2-11(6-14)4-12(3-10)7-14/h9-13H,2-8H2,1H3. The smallest absolute Gasteiger partial charge is 0.0851 e. The van der Waals surface area contributed by atoms with Gasteiger partial charge in [0.15, 0.2) is 0 Å². The van der Waals surface area contributed by atoms with Gasteiger partial charge in [0, 0.05) is 7.05 Å². The van der Waals surface area contributed by atoms with Crippen molar-refractivity contribution < 1.29 is 0 Å². The summed E-state index contributed by atoms with van der Waals surface area (Å²) in [6.45, 7) is 1.07. The van der Waals surface area contributed by atoms with E-state index in [0.717, 1.165) is 30.3 Å². The molecule has 1 heterocycles. The van der Waals surface area contributed by atoms with Crippen LogP contribution < -0.4 is 0 Å². The van der Waals surface area contributed by atoms with Crippen LogP contribution in [0.15, 0.2) is 4.99 Å². The van der Waals surface area contributed by atoms with E-state index in [1.165, 1.54) is 19.3 Å². The molecule has 88 valence electrons. The molecule has 0 aromatic rings. The number of hydrogen-bond donors (Lipinski definition) is 0. The van der Waals surface area contributed by atoms with Gasteiger partial charge >= 0.3 is 0 Å². The van der Waals surface area contributed by atoms with Crippen LogP contribution in [0.25, 0.3) is 0 Å². The van der Waals surface area contributed by atoms with E-state index in [4.69, 9.17) is 0 Å².